The number of rotatable bonds is 6. The van der Waals surface area contributed by atoms with Crippen LogP contribution in [0.5, 0.6) is 5.75 Å². The number of hydrogen-bond acceptors (Lipinski definition) is 5. The van der Waals surface area contributed by atoms with Gasteiger partial charge in [-0.3, -0.25) is 4.79 Å². The molecule has 0 bridgehead atoms. The first-order chi connectivity index (χ1) is 14.2. The molecule has 1 aliphatic heterocycles. The molecular formula is C22H22ClN3O3. The normalized spacial score (nSPS) is 16.2. The Balaban J connectivity index is 1.47. The number of halogens is 1. The minimum absolute atomic E-state index is 0.0501. The standard InChI is InChI=1S/C22H22ClN3O3/c1-2-28-16-11-9-15(10-12-16)14-20(27)26-13-5-8-19(26)22-24-21(25-29-22)17-6-3-4-7-18(17)23/h3-4,6-7,9-12,19H,2,5,8,13-14H2,1H3/t19-/m1/s1. The van der Waals surface area contributed by atoms with Crippen LogP contribution in [-0.2, 0) is 11.2 Å². The second-order valence-electron chi connectivity index (χ2n) is 6.93. The fourth-order valence-corrected chi connectivity index (χ4v) is 3.81. The number of likely N-dealkylation sites (tertiary alicyclic amines) is 1. The Morgan fingerprint density at radius 1 is 1.24 bits per heavy atom. The first-order valence-electron chi connectivity index (χ1n) is 9.75. The Morgan fingerprint density at radius 2 is 2.03 bits per heavy atom. The molecule has 7 heteroatoms. The number of ether oxygens (including phenoxy) is 1. The molecule has 2 aromatic carbocycles. The number of amides is 1. The van der Waals surface area contributed by atoms with Gasteiger partial charge in [0.25, 0.3) is 0 Å². The molecule has 1 aromatic heterocycles. The van der Waals surface area contributed by atoms with E-state index in [9.17, 15) is 4.79 Å². The number of hydrogen-bond donors (Lipinski definition) is 0. The van der Waals surface area contributed by atoms with Gasteiger partial charge in [-0.15, -0.1) is 0 Å². The molecule has 1 aliphatic rings. The van der Waals surface area contributed by atoms with Crippen molar-refractivity contribution in [3.63, 3.8) is 0 Å². The van der Waals surface area contributed by atoms with Crippen molar-refractivity contribution in [2.45, 2.75) is 32.2 Å². The molecule has 0 aliphatic carbocycles. The Morgan fingerprint density at radius 3 is 2.79 bits per heavy atom. The van der Waals surface area contributed by atoms with E-state index >= 15 is 0 Å². The molecular weight excluding hydrogens is 390 g/mol. The van der Waals surface area contributed by atoms with Crippen molar-refractivity contribution in [2.24, 2.45) is 0 Å². The summed E-state index contributed by atoms with van der Waals surface area (Å²) in [6.07, 6.45) is 2.04. The molecule has 1 atom stereocenters. The summed E-state index contributed by atoms with van der Waals surface area (Å²) < 4.78 is 11.0. The topological polar surface area (TPSA) is 68.5 Å². The van der Waals surface area contributed by atoms with Crippen LogP contribution in [0.2, 0.25) is 5.02 Å². The van der Waals surface area contributed by atoms with Gasteiger partial charge in [-0.1, -0.05) is 41.0 Å². The SMILES string of the molecule is CCOc1ccc(CC(=O)N2CCC[C@@H]2c2nc(-c3ccccc3Cl)no2)cc1. The van der Waals surface area contributed by atoms with Gasteiger partial charge in [0.05, 0.1) is 18.1 Å². The molecule has 0 saturated carbocycles. The number of aromatic nitrogens is 2. The molecule has 1 amide bonds. The van der Waals surface area contributed by atoms with Crippen LogP contribution in [0.3, 0.4) is 0 Å². The van der Waals surface area contributed by atoms with Crippen LogP contribution in [0.15, 0.2) is 53.1 Å². The summed E-state index contributed by atoms with van der Waals surface area (Å²) >= 11 is 6.23. The number of carbonyl (C=O) groups excluding carboxylic acids is 1. The molecule has 2 heterocycles. The van der Waals surface area contributed by atoms with Gasteiger partial charge in [-0.25, -0.2) is 0 Å². The zero-order valence-electron chi connectivity index (χ0n) is 16.2. The molecule has 0 unspecified atom stereocenters. The maximum absolute atomic E-state index is 12.9. The fourth-order valence-electron chi connectivity index (χ4n) is 3.59. The van der Waals surface area contributed by atoms with Crippen molar-refractivity contribution in [1.29, 1.82) is 0 Å². The average Bonchev–Trinajstić information content (AvgIpc) is 3.39. The lowest BCUT2D eigenvalue weighted by Gasteiger charge is -2.22. The highest BCUT2D eigenvalue weighted by molar-refractivity contribution is 6.33. The predicted octanol–water partition coefficient (Wildman–Crippen LogP) is 4.69. The van der Waals surface area contributed by atoms with Crippen LogP contribution in [0.1, 0.15) is 37.3 Å². The Labute approximate surface area is 174 Å². The van der Waals surface area contributed by atoms with Crippen LogP contribution in [0, 0.1) is 0 Å². The molecule has 0 N–H and O–H groups in total. The number of carbonyl (C=O) groups is 1. The van der Waals surface area contributed by atoms with Gasteiger partial charge < -0.3 is 14.2 Å². The molecule has 1 fully saturated rings. The fraction of sp³-hybridized carbons (Fsp3) is 0.318. The maximum Gasteiger partial charge on any atom is 0.249 e. The van der Waals surface area contributed by atoms with Gasteiger partial charge in [0.2, 0.25) is 17.6 Å². The van der Waals surface area contributed by atoms with Crippen molar-refractivity contribution in [3.8, 4) is 17.1 Å². The van der Waals surface area contributed by atoms with Crippen LogP contribution >= 0.6 is 11.6 Å². The van der Waals surface area contributed by atoms with E-state index in [0.29, 0.717) is 36.3 Å². The predicted molar refractivity (Wildman–Crippen MR) is 110 cm³/mol. The molecule has 6 nitrogen and oxygen atoms in total. The van der Waals surface area contributed by atoms with E-state index < -0.39 is 0 Å². The summed E-state index contributed by atoms with van der Waals surface area (Å²) in [7, 11) is 0. The van der Waals surface area contributed by atoms with E-state index in [4.69, 9.17) is 20.9 Å². The van der Waals surface area contributed by atoms with E-state index in [0.717, 1.165) is 29.7 Å². The summed E-state index contributed by atoms with van der Waals surface area (Å²) in [6, 6.07) is 14.8. The van der Waals surface area contributed by atoms with Crippen LogP contribution < -0.4 is 4.74 Å². The summed E-state index contributed by atoms with van der Waals surface area (Å²) in [5.74, 6) is 1.75. The van der Waals surface area contributed by atoms with Crippen LogP contribution in [0.4, 0.5) is 0 Å². The van der Waals surface area contributed by atoms with E-state index in [-0.39, 0.29) is 11.9 Å². The van der Waals surface area contributed by atoms with Crippen LogP contribution in [0.25, 0.3) is 11.4 Å². The highest BCUT2D eigenvalue weighted by atomic mass is 35.5. The zero-order chi connectivity index (χ0) is 20.2. The van der Waals surface area contributed by atoms with Gasteiger partial charge in [0.1, 0.15) is 11.8 Å². The molecule has 150 valence electrons. The molecule has 0 spiro atoms. The third-order valence-corrected chi connectivity index (χ3v) is 5.33. The quantitative estimate of drug-likeness (QED) is 0.588. The Kier molecular flexibility index (Phi) is 5.81. The number of nitrogens with zero attached hydrogens (tertiary/aromatic N) is 3. The first-order valence-corrected chi connectivity index (χ1v) is 10.1. The minimum atomic E-state index is -0.200. The molecule has 29 heavy (non-hydrogen) atoms. The van der Waals surface area contributed by atoms with E-state index in [1.165, 1.54) is 0 Å². The molecule has 1 saturated heterocycles. The molecule has 3 aromatic rings. The van der Waals surface area contributed by atoms with Gasteiger partial charge in [-0.2, -0.15) is 4.98 Å². The van der Waals surface area contributed by atoms with Crippen molar-refractivity contribution in [2.75, 3.05) is 13.2 Å². The zero-order valence-corrected chi connectivity index (χ0v) is 16.9. The minimum Gasteiger partial charge on any atom is -0.494 e. The Hall–Kier alpha value is -2.86. The number of benzene rings is 2. The van der Waals surface area contributed by atoms with Gasteiger partial charge in [0, 0.05) is 12.1 Å². The second kappa shape index (κ2) is 8.66. The second-order valence-corrected chi connectivity index (χ2v) is 7.34. The summed E-state index contributed by atoms with van der Waals surface area (Å²) in [5, 5.41) is 4.64. The summed E-state index contributed by atoms with van der Waals surface area (Å²) in [4.78, 5) is 19.3. The lowest BCUT2D eigenvalue weighted by molar-refractivity contribution is -0.131. The third kappa shape index (κ3) is 4.27. The van der Waals surface area contributed by atoms with Crippen molar-refractivity contribution in [3.05, 3.63) is 65.0 Å². The van der Waals surface area contributed by atoms with Gasteiger partial charge >= 0.3 is 0 Å². The molecule has 0 radical (unpaired) electrons. The van der Waals surface area contributed by atoms with E-state index in [1.54, 1.807) is 6.07 Å². The highest BCUT2D eigenvalue weighted by Gasteiger charge is 2.34. The summed E-state index contributed by atoms with van der Waals surface area (Å²) in [5.41, 5.74) is 1.67. The highest BCUT2D eigenvalue weighted by Crippen LogP contribution is 2.33. The molecule has 4 rings (SSSR count). The largest absolute Gasteiger partial charge is 0.494 e. The van der Waals surface area contributed by atoms with Crippen molar-refractivity contribution < 1.29 is 14.1 Å². The lowest BCUT2D eigenvalue weighted by atomic mass is 10.1. The Bertz CT molecular complexity index is 987. The summed E-state index contributed by atoms with van der Waals surface area (Å²) in [6.45, 7) is 3.25. The van der Waals surface area contributed by atoms with E-state index in [2.05, 4.69) is 10.1 Å². The van der Waals surface area contributed by atoms with Crippen LogP contribution in [-0.4, -0.2) is 34.1 Å². The van der Waals surface area contributed by atoms with Crippen molar-refractivity contribution >= 4 is 17.5 Å². The van der Waals surface area contributed by atoms with Gasteiger partial charge in [0.15, 0.2) is 0 Å². The van der Waals surface area contributed by atoms with Gasteiger partial charge in [-0.05, 0) is 49.6 Å². The van der Waals surface area contributed by atoms with Crippen molar-refractivity contribution in [1.82, 2.24) is 15.0 Å². The first kappa shape index (κ1) is 19.5. The monoisotopic (exact) mass is 411 g/mol. The lowest BCUT2D eigenvalue weighted by Crippen LogP contribution is -2.32. The maximum atomic E-state index is 12.9. The average molecular weight is 412 g/mol. The smallest absolute Gasteiger partial charge is 0.249 e. The van der Waals surface area contributed by atoms with E-state index in [1.807, 2.05) is 54.3 Å². The third-order valence-electron chi connectivity index (χ3n) is 5.00.